The first-order valence-electron chi connectivity index (χ1n) is 6.33. The minimum absolute atomic E-state index is 0.167. The first-order chi connectivity index (χ1) is 9.63. The minimum Gasteiger partial charge on any atom is -0.481 e. The van der Waals surface area contributed by atoms with Crippen LogP contribution in [0.2, 0.25) is 0 Å². The van der Waals surface area contributed by atoms with Crippen LogP contribution in [0.3, 0.4) is 0 Å². The largest absolute Gasteiger partial charge is 0.481 e. The number of carboxylic acid groups (broad SMARTS) is 1. The molecular formula is C15H15NO4. The summed E-state index contributed by atoms with van der Waals surface area (Å²) in [6, 6.07) is 5.81. The molecule has 1 aromatic rings. The zero-order valence-electron chi connectivity index (χ0n) is 10.9. The third-order valence-electron chi connectivity index (χ3n) is 3.22. The molecule has 1 aliphatic rings. The Morgan fingerprint density at radius 3 is 2.70 bits per heavy atom. The molecule has 104 valence electrons. The number of carbonyl (C=O) groups is 2. The van der Waals surface area contributed by atoms with Crippen LogP contribution in [0.25, 0.3) is 0 Å². The summed E-state index contributed by atoms with van der Waals surface area (Å²) >= 11 is 0. The van der Waals surface area contributed by atoms with Gasteiger partial charge in [-0.15, -0.1) is 6.42 Å². The number of likely N-dealkylation sites (tertiary alicyclic amines) is 1. The van der Waals surface area contributed by atoms with Crippen LogP contribution in [0, 0.1) is 12.3 Å². The van der Waals surface area contributed by atoms with Crippen molar-refractivity contribution in [3.05, 3.63) is 29.8 Å². The molecule has 1 atom stereocenters. The lowest BCUT2D eigenvalue weighted by Crippen LogP contribution is -2.40. The first kappa shape index (κ1) is 13.9. The number of ether oxygens (including phenoxy) is 1. The number of aliphatic carboxylic acids is 1. The van der Waals surface area contributed by atoms with Crippen LogP contribution in [0.1, 0.15) is 23.2 Å². The molecule has 0 aliphatic carbocycles. The van der Waals surface area contributed by atoms with E-state index in [4.69, 9.17) is 16.3 Å². The molecule has 2 rings (SSSR count). The monoisotopic (exact) mass is 273 g/mol. The van der Waals surface area contributed by atoms with E-state index in [1.54, 1.807) is 24.3 Å². The molecule has 0 bridgehead atoms. The van der Waals surface area contributed by atoms with Crippen LogP contribution < -0.4 is 4.74 Å². The maximum Gasteiger partial charge on any atom is 0.326 e. The summed E-state index contributed by atoms with van der Waals surface area (Å²) in [5, 5.41) is 9.09. The van der Waals surface area contributed by atoms with Crippen LogP contribution in [0.15, 0.2) is 24.3 Å². The number of rotatable bonds is 4. The Labute approximate surface area is 117 Å². The summed E-state index contributed by atoms with van der Waals surface area (Å²) in [6.45, 7) is 0.644. The Hall–Kier alpha value is -2.48. The van der Waals surface area contributed by atoms with E-state index in [1.165, 1.54) is 4.90 Å². The normalized spacial score (nSPS) is 17.6. The van der Waals surface area contributed by atoms with E-state index in [1.807, 2.05) is 0 Å². The van der Waals surface area contributed by atoms with Gasteiger partial charge < -0.3 is 14.7 Å². The zero-order valence-corrected chi connectivity index (χ0v) is 10.9. The Kier molecular flexibility index (Phi) is 4.26. The summed E-state index contributed by atoms with van der Waals surface area (Å²) < 4.78 is 5.22. The second kappa shape index (κ2) is 6.11. The van der Waals surface area contributed by atoms with Crippen LogP contribution in [0.4, 0.5) is 0 Å². The Morgan fingerprint density at radius 2 is 2.10 bits per heavy atom. The summed E-state index contributed by atoms with van der Waals surface area (Å²) in [4.78, 5) is 24.8. The van der Waals surface area contributed by atoms with Gasteiger partial charge in [0.05, 0.1) is 0 Å². The highest BCUT2D eigenvalue weighted by molar-refractivity contribution is 5.97. The van der Waals surface area contributed by atoms with Gasteiger partial charge in [-0.2, -0.15) is 0 Å². The second-order valence-electron chi connectivity index (χ2n) is 4.51. The van der Waals surface area contributed by atoms with Crippen LogP contribution in [-0.2, 0) is 4.79 Å². The van der Waals surface area contributed by atoms with Crippen molar-refractivity contribution in [2.45, 2.75) is 18.9 Å². The molecule has 0 radical (unpaired) electrons. The van der Waals surface area contributed by atoms with Crippen molar-refractivity contribution in [3.63, 3.8) is 0 Å². The lowest BCUT2D eigenvalue weighted by atomic mass is 10.1. The van der Waals surface area contributed by atoms with Crippen molar-refractivity contribution in [1.82, 2.24) is 4.90 Å². The number of amides is 1. The highest BCUT2D eigenvalue weighted by Crippen LogP contribution is 2.21. The summed E-state index contributed by atoms with van der Waals surface area (Å²) in [6.07, 6.45) is 6.31. The molecule has 1 fully saturated rings. The van der Waals surface area contributed by atoms with E-state index in [0.29, 0.717) is 30.7 Å². The predicted molar refractivity (Wildman–Crippen MR) is 72.5 cm³/mol. The fourth-order valence-electron chi connectivity index (χ4n) is 2.25. The number of hydrogen-bond acceptors (Lipinski definition) is 3. The van der Waals surface area contributed by atoms with Crippen molar-refractivity contribution in [2.75, 3.05) is 13.2 Å². The van der Waals surface area contributed by atoms with Crippen LogP contribution in [0.5, 0.6) is 5.75 Å². The van der Waals surface area contributed by atoms with Gasteiger partial charge in [0.2, 0.25) is 0 Å². The smallest absolute Gasteiger partial charge is 0.326 e. The Balaban J connectivity index is 2.09. The van der Waals surface area contributed by atoms with Crippen molar-refractivity contribution >= 4 is 11.9 Å². The minimum atomic E-state index is -0.954. The lowest BCUT2D eigenvalue weighted by Gasteiger charge is -2.21. The molecule has 1 unspecified atom stereocenters. The van der Waals surface area contributed by atoms with Gasteiger partial charge >= 0.3 is 5.97 Å². The molecule has 5 heteroatoms. The van der Waals surface area contributed by atoms with Gasteiger partial charge in [-0.1, -0.05) is 5.92 Å². The first-order valence-corrected chi connectivity index (χ1v) is 6.33. The van der Waals surface area contributed by atoms with Crippen molar-refractivity contribution < 1.29 is 19.4 Å². The Morgan fingerprint density at radius 1 is 1.40 bits per heavy atom. The van der Waals surface area contributed by atoms with E-state index >= 15 is 0 Å². The second-order valence-corrected chi connectivity index (χ2v) is 4.51. The molecule has 1 saturated heterocycles. The number of carboxylic acids is 1. The van der Waals surface area contributed by atoms with E-state index in [2.05, 4.69) is 5.92 Å². The van der Waals surface area contributed by atoms with Crippen LogP contribution >= 0.6 is 0 Å². The molecule has 5 nitrogen and oxygen atoms in total. The lowest BCUT2D eigenvalue weighted by molar-refractivity contribution is -0.141. The zero-order chi connectivity index (χ0) is 14.5. The van der Waals surface area contributed by atoms with Crippen LogP contribution in [-0.4, -0.2) is 41.1 Å². The van der Waals surface area contributed by atoms with E-state index in [9.17, 15) is 9.59 Å². The molecule has 1 aliphatic heterocycles. The number of hydrogen-bond donors (Lipinski definition) is 1. The molecule has 1 N–H and O–H groups in total. The van der Waals surface area contributed by atoms with Crippen molar-refractivity contribution in [3.8, 4) is 18.1 Å². The van der Waals surface area contributed by atoms with Crippen molar-refractivity contribution in [2.24, 2.45) is 0 Å². The summed E-state index contributed by atoms with van der Waals surface area (Å²) in [5.41, 5.74) is 0.450. The molecule has 0 saturated carbocycles. The number of nitrogens with zero attached hydrogens (tertiary/aromatic N) is 1. The fraction of sp³-hybridized carbons (Fsp3) is 0.333. The Bertz CT molecular complexity index is 544. The molecule has 0 aromatic heterocycles. The average Bonchev–Trinajstić information content (AvgIpc) is 2.94. The third kappa shape index (κ3) is 2.91. The molecule has 1 aromatic carbocycles. The van der Waals surface area contributed by atoms with Gasteiger partial charge in [-0.25, -0.2) is 4.79 Å². The van der Waals surface area contributed by atoms with E-state index in [0.717, 1.165) is 0 Å². The summed E-state index contributed by atoms with van der Waals surface area (Å²) in [5.74, 6) is 1.71. The quantitative estimate of drug-likeness (QED) is 0.842. The highest BCUT2D eigenvalue weighted by Gasteiger charge is 2.34. The predicted octanol–water partition coefficient (Wildman–Crippen LogP) is 1.39. The van der Waals surface area contributed by atoms with Gasteiger partial charge in [0.1, 0.15) is 18.4 Å². The topological polar surface area (TPSA) is 66.8 Å². The highest BCUT2D eigenvalue weighted by atomic mass is 16.5. The number of terminal acetylenes is 1. The van der Waals surface area contributed by atoms with E-state index in [-0.39, 0.29) is 12.5 Å². The average molecular weight is 273 g/mol. The van der Waals surface area contributed by atoms with Gasteiger partial charge in [0.25, 0.3) is 5.91 Å². The molecule has 1 amide bonds. The SMILES string of the molecule is C#CCOc1ccc(C(=O)N2CCCC2C(=O)O)cc1. The maximum atomic E-state index is 12.3. The summed E-state index contributed by atoms with van der Waals surface area (Å²) in [7, 11) is 0. The van der Waals surface area contributed by atoms with Crippen molar-refractivity contribution in [1.29, 1.82) is 0 Å². The van der Waals surface area contributed by atoms with Gasteiger partial charge in [0, 0.05) is 12.1 Å². The van der Waals surface area contributed by atoms with Gasteiger partial charge in [0.15, 0.2) is 0 Å². The van der Waals surface area contributed by atoms with Gasteiger partial charge in [-0.05, 0) is 37.1 Å². The fourth-order valence-corrected chi connectivity index (χ4v) is 2.25. The molecule has 0 spiro atoms. The van der Waals surface area contributed by atoms with Gasteiger partial charge in [-0.3, -0.25) is 4.79 Å². The molecule has 20 heavy (non-hydrogen) atoms. The number of carbonyl (C=O) groups excluding carboxylic acids is 1. The molecule has 1 heterocycles. The molecular weight excluding hydrogens is 258 g/mol. The number of benzene rings is 1. The van der Waals surface area contributed by atoms with E-state index < -0.39 is 12.0 Å². The standard InChI is InChI=1S/C15H15NO4/c1-2-10-20-12-7-5-11(6-8-12)14(17)16-9-3-4-13(16)15(18)19/h1,5-8,13H,3-4,9-10H2,(H,18,19). The third-order valence-corrected chi connectivity index (χ3v) is 3.22. The maximum absolute atomic E-state index is 12.3.